The van der Waals surface area contributed by atoms with Crippen LogP contribution in [-0.4, -0.2) is 0 Å². The molecule has 2 aliphatic carbocycles. The highest BCUT2D eigenvalue weighted by Crippen LogP contribution is 2.64. The molecule has 50 valence electrons. The monoisotopic (exact) mass is 122 g/mol. The van der Waals surface area contributed by atoms with E-state index in [4.69, 9.17) is 0 Å². The summed E-state index contributed by atoms with van der Waals surface area (Å²) in [5.41, 5.74) is 2.02. The second-order valence-electron chi connectivity index (χ2n) is 4.04. The number of fused-ring (bicyclic) bond motifs is 1. The number of hydrogen-bond acceptors (Lipinski definition) is 0. The van der Waals surface area contributed by atoms with Gasteiger partial charge < -0.3 is 0 Å². The van der Waals surface area contributed by atoms with Crippen molar-refractivity contribution >= 4 is 0 Å². The fourth-order valence-corrected chi connectivity index (χ4v) is 2.40. The maximum absolute atomic E-state index is 4.10. The standard InChI is InChI=1S/C9H14/c1-6-7-4-5-8(7)9(6,2)3/h7-8H,1,4-5H2,2-3H3. The van der Waals surface area contributed by atoms with Crippen LogP contribution in [0.15, 0.2) is 12.2 Å². The average Bonchev–Trinajstić information content (AvgIpc) is 1.61. The molecule has 0 aromatic carbocycles. The molecule has 2 atom stereocenters. The third kappa shape index (κ3) is 0.417. The van der Waals surface area contributed by atoms with E-state index in [1.165, 1.54) is 18.4 Å². The zero-order chi connectivity index (χ0) is 6.65. The van der Waals surface area contributed by atoms with Crippen LogP contribution in [0.4, 0.5) is 0 Å². The Kier molecular flexibility index (Phi) is 0.769. The first kappa shape index (κ1) is 5.52. The molecule has 0 aliphatic heterocycles. The summed E-state index contributed by atoms with van der Waals surface area (Å²) < 4.78 is 0. The van der Waals surface area contributed by atoms with Crippen LogP contribution in [-0.2, 0) is 0 Å². The SMILES string of the molecule is C=C1C2CCC2C1(C)C. The molecule has 9 heavy (non-hydrogen) atoms. The summed E-state index contributed by atoms with van der Waals surface area (Å²) in [6, 6.07) is 0. The smallest absolute Gasteiger partial charge is 0.0111 e. The predicted molar refractivity (Wildman–Crippen MR) is 39.1 cm³/mol. The van der Waals surface area contributed by atoms with Crippen LogP contribution in [0.25, 0.3) is 0 Å². The molecule has 2 fully saturated rings. The van der Waals surface area contributed by atoms with Gasteiger partial charge in [-0.15, -0.1) is 0 Å². The molecule has 0 bridgehead atoms. The first-order valence-corrected chi connectivity index (χ1v) is 3.83. The molecule has 2 aliphatic rings. The van der Waals surface area contributed by atoms with E-state index < -0.39 is 0 Å². The lowest BCUT2D eigenvalue weighted by molar-refractivity contribution is -0.00832. The van der Waals surface area contributed by atoms with Crippen LogP contribution in [0.3, 0.4) is 0 Å². The molecule has 0 heterocycles. The molecule has 0 saturated heterocycles. The van der Waals surface area contributed by atoms with Crippen molar-refractivity contribution in [3.63, 3.8) is 0 Å². The minimum atomic E-state index is 0.503. The van der Waals surface area contributed by atoms with Crippen molar-refractivity contribution in [2.75, 3.05) is 0 Å². The largest absolute Gasteiger partial charge is 0.0990 e. The molecule has 0 amide bonds. The van der Waals surface area contributed by atoms with Gasteiger partial charge in [0.15, 0.2) is 0 Å². The minimum Gasteiger partial charge on any atom is -0.0990 e. The van der Waals surface area contributed by atoms with Gasteiger partial charge in [0.2, 0.25) is 0 Å². The summed E-state index contributed by atoms with van der Waals surface area (Å²) in [5.74, 6) is 1.94. The first-order chi connectivity index (χ1) is 4.14. The lowest BCUT2D eigenvalue weighted by Gasteiger charge is -2.61. The predicted octanol–water partition coefficient (Wildman–Crippen LogP) is 2.61. The molecule has 2 saturated carbocycles. The average molecular weight is 122 g/mol. The van der Waals surface area contributed by atoms with Crippen molar-refractivity contribution in [2.45, 2.75) is 26.7 Å². The van der Waals surface area contributed by atoms with Crippen molar-refractivity contribution in [1.82, 2.24) is 0 Å². The molecule has 0 aromatic heterocycles. The van der Waals surface area contributed by atoms with E-state index in [1.807, 2.05) is 0 Å². The highest BCUT2D eigenvalue weighted by atomic mass is 14.6. The van der Waals surface area contributed by atoms with Crippen LogP contribution in [0.5, 0.6) is 0 Å². The lowest BCUT2D eigenvalue weighted by Crippen LogP contribution is -2.52. The zero-order valence-electron chi connectivity index (χ0n) is 6.28. The van der Waals surface area contributed by atoms with Crippen LogP contribution in [0, 0.1) is 17.3 Å². The van der Waals surface area contributed by atoms with Crippen molar-refractivity contribution in [3.8, 4) is 0 Å². The first-order valence-electron chi connectivity index (χ1n) is 3.83. The van der Waals surface area contributed by atoms with Gasteiger partial charge in [0.1, 0.15) is 0 Å². The molecule has 0 spiro atoms. The van der Waals surface area contributed by atoms with E-state index in [9.17, 15) is 0 Å². The summed E-state index contributed by atoms with van der Waals surface area (Å²) in [6.07, 6.45) is 2.88. The summed E-state index contributed by atoms with van der Waals surface area (Å²) in [4.78, 5) is 0. The summed E-state index contributed by atoms with van der Waals surface area (Å²) in [6.45, 7) is 8.75. The molecule has 0 N–H and O–H groups in total. The van der Waals surface area contributed by atoms with E-state index in [2.05, 4.69) is 20.4 Å². The molecular formula is C9H14. The Morgan fingerprint density at radius 3 is 2.22 bits per heavy atom. The summed E-state index contributed by atoms with van der Waals surface area (Å²) in [7, 11) is 0. The van der Waals surface area contributed by atoms with Gasteiger partial charge in [0.05, 0.1) is 0 Å². The van der Waals surface area contributed by atoms with Gasteiger partial charge in [-0.05, 0) is 30.1 Å². The van der Waals surface area contributed by atoms with Crippen LogP contribution in [0.2, 0.25) is 0 Å². The van der Waals surface area contributed by atoms with Crippen LogP contribution >= 0.6 is 0 Å². The topological polar surface area (TPSA) is 0 Å². The lowest BCUT2D eigenvalue weighted by atomic mass is 9.44. The van der Waals surface area contributed by atoms with Gasteiger partial charge in [-0.3, -0.25) is 0 Å². The minimum absolute atomic E-state index is 0.503. The van der Waals surface area contributed by atoms with E-state index in [0.717, 1.165) is 11.8 Å². The number of allylic oxidation sites excluding steroid dienone is 1. The van der Waals surface area contributed by atoms with Crippen molar-refractivity contribution in [1.29, 1.82) is 0 Å². The van der Waals surface area contributed by atoms with E-state index >= 15 is 0 Å². The number of hydrogen-bond donors (Lipinski definition) is 0. The Morgan fingerprint density at radius 2 is 2.11 bits per heavy atom. The maximum Gasteiger partial charge on any atom is -0.0111 e. The molecule has 0 nitrogen and oxygen atoms in total. The molecule has 0 heteroatoms. The van der Waals surface area contributed by atoms with Gasteiger partial charge in [0.25, 0.3) is 0 Å². The van der Waals surface area contributed by atoms with Gasteiger partial charge in [-0.2, -0.15) is 0 Å². The normalized spacial score (nSPS) is 44.9. The van der Waals surface area contributed by atoms with Gasteiger partial charge >= 0.3 is 0 Å². The highest BCUT2D eigenvalue weighted by molar-refractivity contribution is 5.29. The second-order valence-corrected chi connectivity index (χ2v) is 4.04. The van der Waals surface area contributed by atoms with Crippen molar-refractivity contribution in [3.05, 3.63) is 12.2 Å². The summed E-state index contributed by atoms with van der Waals surface area (Å²) in [5, 5.41) is 0. The quantitative estimate of drug-likeness (QED) is 0.433. The Labute approximate surface area is 57.0 Å². The second kappa shape index (κ2) is 1.25. The molecule has 2 unspecified atom stereocenters. The fraction of sp³-hybridized carbons (Fsp3) is 0.778. The maximum atomic E-state index is 4.10. The van der Waals surface area contributed by atoms with E-state index in [1.54, 1.807) is 0 Å². The molecule has 0 radical (unpaired) electrons. The van der Waals surface area contributed by atoms with Gasteiger partial charge in [0, 0.05) is 0 Å². The van der Waals surface area contributed by atoms with E-state index in [-0.39, 0.29) is 0 Å². The highest BCUT2D eigenvalue weighted by Gasteiger charge is 2.55. The summed E-state index contributed by atoms with van der Waals surface area (Å²) >= 11 is 0. The number of rotatable bonds is 0. The van der Waals surface area contributed by atoms with Crippen molar-refractivity contribution in [2.24, 2.45) is 17.3 Å². The molecule has 0 aromatic rings. The van der Waals surface area contributed by atoms with E-state index in [0.29, 0.717) is 5.41 Å². The molecule has 2 rings (SSSR count). The third-order valence-corrected chi connectivity index (χ3v) is 3.48. The van der Waals surface area contributed by atoms with Crippen LogP contribution < -0.4 is 0 Å². The Balaban J connectivity index is 2.22. The van der Waals surface area contributed by atoms with Crippen molar-refractivity contribution < 1.29 is 0 Å². The third-order valence-electron chi connectivity index (χ3n) is 3.48. The Bertz CT molecular complexity index is 165. The van der Waals surface area contributed by atoms with Crippen LogP contribution in [0.1, 0.15) is 26.7 Å². The fourth-order valence-electron chi connectivity index (χ4n) is 2.40. The Hall–Kier alpha value is -0.260. The molecular weight excluding hydrogens is 108 g/mol. The zero-order valence-corrected chi connectivity index (χ0v) is 6.28. The Morgan fingerprint density at radius 1 is 1.44 bits per heavy atom. The van der Waals surface area contributed by atoms with Gasteiger partial charge in [-0.1, -0.05) is 26.0 Å². The van der Waals surface area contributed by atoms with Gasteiger partial charge in [-0.25, -0.2) is 0 Å².